The Labute approximate surface area is 160 Å². The SMILES string of the molecule is CN1C[C@H]2CCN(c3ccc(-c4ccc(-c5cncnc5)cc4)cc3)[C@H]2C1. The Morgan fingerprint density at radius 1 is 0.778 bits per heavy atom. The molecule has 0 radical (unpaired) electrons. The first-order valence-corrected chi connectivity index (χ1v) is 9.69. The first-order valence-electron chi connectivity index (χ1n) is 9.69. The quantitative estimate of drug-likeness (QED) is 0.711. The molecule has 2 aromatic carbocycles. The maximum Gasteiger partial charge on any atom is 0.115 e. The van der Waals surface area contributed by atoms with Crippen molar-refractivity contribution in [1.29, 1.82) is 0 Å². The Morgan fingerprint density at radius 2 is 1.37 bits per heavy atom. The lowest BCUT2D eigenvalue weighted by Crippen LogP contribution is -2.34. The molecule has 0 bridgehead atoms. The molecular weight excluding hydrogens is 332 g/mol. The molecule has 3 heterocycles. The van der Waals surface area contributed by atoms with Gasteiger partial charge in [0.1, 0.15) is 6.33 Å². The molecule has 4 nitrogen and oxygen atoms in total. The normalized spacial score (nSPS) is 22.2. The number of likely N-dealkylation sites (tertiary alicyclic amines) is 1. The lowest BCUT2D eigenvalue weighted by Gasteiger charge is -2.26. The Kier molecular flexibility index (Phi) is 4.13. The van der Waals surface area contributed by atoms with Gasteiger partial charge in [0, 0.05) is 49.3 Å². The van der Waals surface area contributed by atoms with Crippen LogP contribution in [-0.2, 0) is 0 Å². The van der Waals surface area contributed by atoms with E-state index in [-0.39, 0.29) is 0 Å². The first kappa shape index (κ1) is 16.5. The molecule has 0 aliphatic carbocycles. The summed E-state index contributed by atoms with van der Waals surface area (Å²) in [5, 5.41) is 0. The van der Waals surface area contributed by atoms with Crippen molar-refractivity contribution in [2.45, 2.75) is 12.5 Å². The van der Waals surface area contributed by atoms with Crippen molar-refractivity contribution < 1.29 is 0 Å². The summed E-state index contributed by atoms with van der Waals surface area (Å²) in [5.74, 6) is 0.837. The highest BCUT2D eigenvalue weighted by Crippen LogP contribution is 2.35. The summed E-state index contributed by atoms with van der Waals surface area (Å²) in [7, 11) is 2.24. The molecule has 2 atom stereocenters. The minimum atomic E-state index is 0.688. The highest BCUT2D eigenvalue weighted by molar-refractivity contribution is 5.71. The lowest BCUT2D eigenvalue weighted by molar-refractivity contribution is 0.386. The molecule has 0 saturated carbocycles. The Bertz CT molecular complexity index is 905. The fourth-order valence-electron chi connectivity index (χ4n) is 4.64. The zero-order valence-corrected chi connectivity index (χ0v) is 15.6. The van der Waals surface area contributed by atoms with E-state index < -0.39 is 0 Å². The van der Waals surface area contributed by atoms with Gasteiger partial charge in [0.2, 0.25) is 0 Å². The second kappa shape index (κ2) is 6.78. The largest absolute Gasteiger partial charge is 0.367 e. The molecule has 2 saturated heterocycles. The summed E-state index contributed by atoms with van der Waals surface area (Å²) in [6.07, 6.45) is 6.58. The average molecular weight is 356 g/mol. The van der Waals surface area contributed by atoms with E-state index in [1.54, 1.807) is 6.33 Å². The summed E-state index contributed by atoms with van der Waals surface area (Å²) >= 11 is 0. The topological polar surface area (TPSA) is 32.3 Å². The van der Waals surface area contributed by atoms with Gasteiger partial charge in [0.05, 0.1) is 0 Å². The predicted octanol–water partition coefficient (Wildman–Crippen LogP) is 3.95. The van der Waals surface area contributed by atoms with E-state index in [1.165, 1.54) is 42.9 Å². The molecule has 5 rings (SSSR count). The number of hydrogen-bond acceptors (Lipinski definition) is 4. The van der Waals surface area contributed by atoms with E-state index >= 15 is 0 Å². The van der Waals surface area contributed by atoms with Crippen molar-refractivity contribution >= 4 is 5.69 Å². The standard InChI is InChI=1S/C23H24N4/c1-26-14-20-10-11-27(23(20)15-26)22-8-6-18(7-9-22)17-2-4-19(5-3-17)21-12-24-16-25-13-21/h2-9,12-13,16,20,23H,10-11,14-15H2,1H3/t20-,23+/m1/s1. The molecule has 0 N–H and O–H groups in total. The molecule has 2 aliphatic heterocycles. The van der Waals surface area contributed by atoms with Gasteiger partial charge in [-0.2, -0.15) is 0 Å². The zero-order chi connectivity index (χ0) is 18.2. The van der Waals surface area contributed by atoms with Crippen LogP contribution in [0.4, 0.5) is 5.69 Å². The average Bonchev–Trinajstić information content (AvgIpc) is 3.28. The predicted molar refractivity (Wildman–Crippen MR) is 110 cm³/mol. The molecule has 136 valence electrons. The first-order chi connectivity index (χ1) is 13.3. The van der Waals surface area contributed by atoms with E-state index in [0.717, 1.165) is 17.0 Å². The van der Waals surface area contributed by atoms with Crippen molar-refractivity contribution in [3.05, 3.63) is 67.3 Å². The molecule has 2 aliphatic rings. The summed E-state index contributed by atoms with van der Waals surface area (Å²) in [5.41, 5.74) is 6.05. The molecule has 3 aromatic rings. The third-order valence-electron chi connectivity index (χ3n) is 6.04. The summed E-state index contributed by atoms with van der Waals surface area (Å²) in [6.45, 7) is 3.63. The van der Waals surface area contributed by atoms with E-state index in [2.05, 4.69) is 75.3 Å². The fourth-order valence-corrected chi connectivity index (χ4v) is 4.64. The monoisotopic (exact) mass is 356 g/mol. The summed E-state index contributed by atoms with van der Waals surface area (Å²) in [6, 6.07) is 18.4. The van der Waals surface area contributed by atoms with Gasteiger partial charge >= 0.3 is 0 Å². The maximum absolute atomic E-state index is 4.10. The van der Waals surface area contributed by atoms with Crippen LogP contribution in [-0.4, -0.2) is 47.6 Å². The van der Waals surface area contributed by atoms with Crippen molar-refractivity contribution in [2.75, 3.05) is 31.6 Å². The molecule has 1 aromatic heterocycles. The van der Waals surface area contributed by atoms with E-state index in [9.17, 15) is 0 Å². The van der Waals surface area contributed by atoms with Gasteiger partial charge in [-0.25, -0.2) is 9.97 Å². The second-order valence-corrected chi connectivity index (χ2v) is 7.78. The van der Waals surface area contributed by atoms with Crippen LogP contribution in [0.15, 0.2) is 67.3 Å². The Balaban J connectivity index is 1.35. The number of benzene rings is 2. The van der Waals surface area contributed by atoms with Crippen molar-refractivity contribution in [2.24, 2.45) is 5.92 Å². The van der Waals surface area contributed by atoms with Gasteiger partial charge in [-0.05, 0) is 48.2 Å². The van der Waals surface area contributed by atoms with Gasteiger partial charge in [0.15, 0.2) is 0 Å². The number of rotatable bonds is 3. The van der Waals surface area contributed by atoms with Crippen molar-refractivity contribution in [1.82, 2.24) is 14.9 Å². The van der Waals surface area contributed by atoms with Crippen LogP contribution in [0.3, 0.4) is 0 Å². The number of likely N-dealkylation sites (N-methyl/N-ethyl adjacent to an activating group) is 1. The lowest BCUT2D eigenvalue weighted by atomic mass is 10.0. The zero-order valence-electron chi connectivity index (χ0n) is 15.6. The van der Waals surface area contributed by atoms with Crippen LogP contribution in [0.25, 0.3) is 22.3 Å². The molecule has 0 unspecified atom stereocenters. The number of hydrogen-bond donors (Lipinski definition) is 0. The van der Waals surface area contributed by atoms with Crippen LogP contribution < -0.4 is 4.90 Å². The van der Waals surface area contributed by atoms with Crippen molar-refractivity contribution in [3.8, 4) is 22.3 Å². The summed E-state index contributed by atoms with van der Waals surface area (Å²) in [4.78, 5) is 13.3. The van der Waals surface area contributed by atoms with Crippen LogP contribution in [0, 0.1) is 5.92 Å². The van der Waals surface area contributed by atoms with Gasteiger partial charge in [-0.1, -0.05) is 36.4 Å². The third-order valence-corrected chi connectivity index (χ3v) is 6.04. The third kappa shape index (κ3) is 3.10. The molecule has 2 fully saturated rings. The molecule has 27 heavy (non-hydrogen) atoms. The highest BCUT2D eigenvalue weighted by Gasteiger charge is 2.39. The van der Waals surface area contributed by atoms with Crippen LogP contribution in [0.2, 0.25) is 0 Å². The molecule has 0 spiro atoms. The van der Waals surface area contributed by atoms with Gasteiger partial charge in [-0.15, -0.1) is 0 Å². The minimum absolute atomic E-state index is 0.688. The number of aromatic nitrogens is 2. The van der Waals surface area contributed by atoms with Crippen LogP contribution in [0.5, 0.6) is 0 Å². The van der Waals surface area contributed by atoms with Gasteiger partial charge in [0.25, 0.3) is 0 Å². The molecule has 0 amide bonds. The number of nitrogens with zero attached hydrogens (tertiary/aromatic N) is 4. The Hall–Kier alpha value is -2.72. The van der Waals surface area contributed by atoms with Gasteiger partial charge < -0.3 is 9.80 Å². The van der Waals surface area contributed by atoms with Crippen molar-refractivity contribution in [3.63, 3.8) is 0 Å². The van der Waals surface area contributed by atoms with Gasteiger partial charge in [-0.3, -0.25) is 0 Å². The van der Waals surface area contributed by atoms with E-state index in [0.29, 0.717) is 6.04 Å². The summed E-state index contributed by atoms with van der Waals surface area (Å²) < 4.78 is 0. The Morgan fingerprint density at radius 3 is 2.04 bits per heavy atom. The smallest absolute Gasteiger partial charge is 0.115 e. The molecule has 4 heteroatoms. The van der Waals surface area contributed by atoms with Crippen LogP contribution in [0.1, 0.15) is 6.42 Å². The maximum atomic E-state index is 4.10. The fraction of sp³-hybridized carbons (Fsp3) is 0.304. The number of fused-ring (bicyclic) bond motifs is 1. The van der Waals surface area contributed by atoms with Crippen LogP contribution >= 0.6 is 0 Å². The van der Waals surface area contributed by atoms with E-state index in [4.69, 9.17) is 0 Å². The highest BCUT2D eigenvalue weighted by atomic mass is 15.3. The second-order valence-electron chi connectivity index (χ2n) is 7.78. The minimum Gasteiger partial charge on any atom is -0.367 e. The van der Waals surface area contributed by atoms with E-state index in [1.807, 2.05) is 12.4 Å². The number of anilines is 1. The molecular formula is C23H24N4.